The first-order chi connectivity index (χ1) is 8.70. The quantitative estimate of drug-likeness (QED) is 0.838. The molecular weight excluding hydrogens is 271 g/mol. The number of amides is 1. The molecule has 4 nitrogen and oxygen atoms in total. The van der Waals surface area contributed by atoms with E-state index in [1.54, 1.807) is 0 Å². The molecule has 0 atom stereocenters. The number of rotatable bonds is 6. The summed E-state index contributed by atoms with van der Waals surface area (Å²) in [7, 11) is 0. The highest BCUT2D eigenvalue weighted by Gasteiger charge is 2.22. The first-order valence-corrected chi connectivity index (χ1v) is 6.11. The number of ether oxygens (including phenoxy) is 1. The van der Waals surface area contributed by atoms with Crippen molar-refractivity contribution >= 4 is 18.3 Å². The van der Waals surface area contributed by atoms with Crippen LogP contribution < -0.4 is 15.8 Å². The summed E-state index contributed by atoms with van der Waals surface area (Å²) in [5.74, 6) is 0.200. The summed E-state index contributed by atoms with van der Waals surface area (Å²) in [5.41, 5.74) is 5.57. The fourth-order valence-corrected chi connectivity index (χ4v) is 1.63. The van der Waals surface area contributed by atoms with E-state index in [0.29, 0.717) is 31.4 Å². The zero-order valence-corrected chi connectivity index (χ0v) is 11.3. The third kappa shape index (κ3) is 4.69. The van der Waals surface area contributed by atoms with E-state index in [9.17, 15) is 9.18 Å². The van der Waals surface area contributed by atoms with E-state index in [2.05, 4.69) is 5.32 Å². The van der Waals surface area contributed by atoms with Gasteiger partial charge in [-0.2, -0.15) is 0 Å². The lowest BCUT2D eigenvalue weighted by Crippen LogP contribution is -2.26. The Bertz CT molecular complexity index is 439. The molecule has 0 heterocycles. The lowest BCUT2D eigenvalue weighted by molar-refractivity contribution is 0.0947. The van der Waals surface area contributed by atoms with Crippen molar-refractivity contribution in [1.82, 2.24) is 5.32 Å². The average Bonchev–Trinajstić information content (AvgIpc) is 3.18. The van der Waals surface area contributed by atoms with Crippen LogP contribution in [-0.2, 0) is 0 Å². The van der Waals surface area contributed by atoms with Crippen LogP contribution in [0.15, 0.2) is 18.2 Å². The van der Waals surface area contributed by atoms with E-state index >= 15 is 0 Å². The zero-order valence-electron chi connectivity index (χ0n) is 10.5. The van der Waals surface area contributed by atoms with Crippen LogP contribution in [0.2, 0.25) is 0 Å². The fraction of sp³-hybridized carbons (Fsp3) is 0.462. The van der Waals surface area contributed by atoms with Gasteiger partial charge in [-0.05, 0) is 37.0 Å². The topological polar surface area (TPSA) is 64.3 Å². The Labute approximate surface area is 117 Å². The molecule has 2 rings (SSSR count). The van der Waals surface area contributed by atoms with E-state index in [0.717, 1.165) is 12.8 Å². The number of carbonyl (C=O) groups excluding carboxylic acids is 1. The molecule has 0 unspecified atom stereocenters. The molecule has 0 bridgehead atoms. The van der Waals surface area contributed by atoms with Gasteiger partial charge >= 0.3 is 0 Å². The molecule has 3 N–H and O–H groups in total. The molecule has 0 aromatic heterocycles. The van der Waals surface area contributed by atoms with Crippen LogP contribution in [0.1, 0.15) is 23.2 Å². The van der Waals surface area contributed by atoms with E-state index in [4.69, 9.17) is 10.5 Å². The largest absolute Gasteiger partial charge is 0.491 e. The Kier molecular flexibility index (Phi) is 6.05. The zero-order chi connectivity index (χ0) is 13.0. The highest BCUT2D eigenvalue weighted by molar-refractivity contribution is 5.96. The minimum atomic E-state index is -0.452. The van der Waals surface area contributed by atoms with Crippen LogP contribution in [0, 0.1) is 11.7 Å². The molecule has 106 valence electrons. The molecule has 6 heteroatoms. The molecule has 1 aromatic carbocycles. The van der Waals surface area contributed by atoms with E-state index in [-0.39, 0.29) is 23.9 Å². The third-order valence-electron chi connectivity index (χ3n) is 2.81. The Morgan fingerprint density at radius 2 is 2.21 bits per heavy atom. The summed E-state index contributed by atoms with van der Waals surface area (Å²) in [4.78, 5) is 11.9. The molecule has 1 amide bonds. The van der Waals surface area contributed by atoms with Crippen molar-refractivity contribution in [3.63, 3.8) is 0 Å². The van der Waals surface area contributed by atoms with E-state index < -0.39 is 5.82 Å². The van der Waals surface area contributed by atoms with Crippen LogP contribution in [0.4, 0.5) is 4.39 Å². The van der Waals surface area contributed by atoms with Crippen molar-refractivity contribution in [3.8, 4) is 5.75 Å². The molecule has 1 aliphatic rings. The van der Waals surface area contributed by atoms with Crippen molar-refractivity contribution in [3.05, 3.63) is 29.6 Å². The number of nitrogens with two attached hydrogens (primary N) is 1. The smallest absolute Gasteiger partial charge is 0.255 e. The molecule has 1 fully saturated rings. The minimum absolute atomic E-state index is 0. The number of nitrogens with one attached hydrogen (secondary N) is 1. The maximum absolute atomic E-state index is 13.2. The van der Waals surface area contributed by atoms with Crippen molar-refractivity contribution in [2.75, 3.05) is 19.7 Å². The highest BCUT2D eigenvalue weighted by atomic mass is 35.5. The second-order valence-corrected chi connectivity index (χ2v) is 4.43. The van der Waals surface area contributed by atoms with Crippen LogP contribution in [0.5, 0.6) is 5.75 Å². The van der Waals surface area contributed by atoms with Crippen LogP contribution >= 0.6 is 12.4 Å². The molecular formula is C13H18ClFN2O2. The van der Waals surface area contributed by atoms with Crippen molar-refractivity contribution in [2.45, 2.75) is 12.8 Å². The molecule has 1 saturated carbocycles. The lowest BCUT2D eigenvalue weighted by Gasteiger charge is -2.11. The summed E-state index contributed by atoms with van der Waals surface area (Å²) < 4.78 is 18.5. The molecule has 0 spiro atoms. The first-order valence-electron chi connectivity index (χ1n) is 6.11. The molecule has 1 aliphatic carbocycles. The number of halogens is 2. The van der Waals surface area contributed by atoms with Gasteiger partial charge < -0.3 is 15.8 Å². The van der Waals surface area contributed by atoms with Crippen LogP contribution in [-0.4, -0.2) is 25.6 Å². The maximum Gasteiger partial charge on any atom is 0.255 e. The second kappa shape index (κ2) is 7.31. The maximum atomic E-state index is 13.2. The van der Waals surface area contributed by atoms with Gasteiger partial charge in [0.2, 0.25) is 0 Å². The van der Waals surface area contributed by atoms with Crippen molar-refractivity contribution in [2.24, 2.45) is 11.7 Å². The first kappa shape index (κ1) is 15.7. The summed E-state index contributed by atoms with van der Waals surface area (Å²) in [6.07, 6.45) is 2.31. The molecule has 1 aromatic rings. The Morgan fingerprint density at radius 3 is 2.84 bits per heavy atom. The predicted octanol–water partition coefficient (Wildman–Crippen LogP) is 1.72. The second-order valence-electron chi connectivity index (χ2n) is 4.43. The standard InChI is InChI=1S/C13H17FN2O2.ClH/c14-10-3-4-12(18-6-5-15)11(7-10)13(17)16-8-9-1-2-9;/h3-4,7,9H,1-2,5-6,8,15H2,(H,16,17);1H. The monoisotopic (exact) mass is 288 g/mol. The normalized spacial score (nSPS) is 13.6. The van der Waals surface area contributed by atoms with Crippen LogP contribution in [0.3, 0.4) is 0 Å². The van der Waals surface area contributed by atoms with Crippen LogP contribution in [0.25, 0.3) is 0 Å². The number of carbonyl (C=O) groups is 1. The highest BCUT2D eigenvalue weighted by Crippen LogP contribution is 2.28. The van der Waals surface area contributed by atoms with Crippen molar-refractivity contribution < 1.29 is 13.9 Å². The number of hydrogen-bond acceptors (Lipinski definition) is 3. The Morgan fingerprint density at radius 1 is 1.47 bits per heavy atom. The van der Waals surface area contributed by atoms with Crippen molar-refractivity contribution in [1.29, 1.82) is 0 Å². The molecule has 0 saturated heterocycles. The summed E-state index contributed by atoms with van der Waals surface area (Å²) in [6.45, 7) is 1.29. The summed E-state index contributed by atoms with van der Waals surface area (Å²) in [6, 6.07) is 3.91. The van der Waals surface area contributed by atoms with E-state index in [1.165, 1.54) is 18.2 Å². The summed E-state index contributed by atoms with van der Waals surface area (Å²) in [5, 5.41) is 2.79. The number of hydrogen-bond donors (Lipinski definition) is 2. The molecule has 0 radical (unpaired) electrons. The minimum Gasteiger partial charge on any atom is -0.491 e. The fourth-order valence-electron chi connectivity index (χ4n) is 1.63. The van der Waals surface area contributed by atoms with Gasteiger partial charge in [0.05, 0.1) is 5.56 Å². The van der Waals surface area contributed by atoms with Gasteiger partial charge in [0.15, 0.2) is 0 Å². The predicted molar refractivity (Wildman–Crippen MR) is 73.3 cm³/mol. The average molecular weight is 289 g/mol. The molecule has 0 aliphatic heterocycles. The lowest BCUT2D eigenvalue weighted by atomic mass is 10.1. The van der Waals surface area contributed by atoms with Gasteiger partial charge in [0, 0.05) is 13.1 Å². The SMILES string of the molecule is Cl.NCCOc1ccc(F)cc1C(=O)NCC1CC1. The van der Waals surface area contributed by atoms with Gasteiger partial charge in [0.25, 0.3) is 5.91 Å². The van der Waals surface area contributed by atoms with Gasteiger partial charge in [-0.1, -0.05) is 0 Å². The Balaban J connectivity index is 0.00000180. The number of benzene rings is 1. The van der Waals surface area contributed by atoms with Gasteiger partial charge in [-0.15, -0.1) is 12.4 Å². The van der Waals surface area contributed by atoms with Gasteiger partial charge in [-0.3, -0.25) is 4.79 Å². The van der Waals surface area contributed by atoms with E-state index in [1.807, 2.05) is 0 Å². The summed E-state index contributed by atoms with van der Waals surface area (Å²) >= 11 is 0. The van der Waals surface area contributed by atoms with Gasteiger partial charge in [-0.25, -0.2) is 4.39 Å². The van der Waals surface area contributed by atoms with Gasteiger partial charge in [0.1, 0.15) is 18.2 Å². The third-order valence-corrected chi connectivity index (χ3v) is 2.81. The Hall–Kier alpha value is -1.33. The molecule has 19 heavy (non-hydrogen) atoms.